The lowest BCUT2D eigenvalue weighted by Crippen LogP contribution is -2.48. The minimum atomic E-state index is -3.83. The monoisotopic (exact) mass is 469 g/mol. The molecule has 9 heteroatoms. The quantitative estimate of drug-likeness (QED) is 0.744. The normalized spacial score (nSPS) is 14.9. The summed E-state index contributed by atoms with van der Waals surface area (Å²) in [4.78, 5) is 15.1. The second kappa shape index (κ2) is 8.08. The molecule has 1 fully saturated rings. The third-order valence-corrected chi connectivity index (χ3v) is 6.72. The summed E-state index contributed by atoms with van der Waals surface area (Å²) >= 11 is 3.34. The molecule has 0 bridgehead atoms. The summed E-state index contributed by atoms with van der Waals surface area (Å²) in [6.45, 7) is 5.45. The number of sulfonamides is 1. The molecule has 0 radical (unpaired) electrons. The minimum absolute atomic E-state index is 0.00200. The Kier molecular flexibility index (Phi) is 5.95. The van der Waals surface area contributed by atoms with Crippen molar-refractivity contribution < 1.29 is 17.6 Å². The number of benzene rings is 2. The maximum atomic E-state index is 14.7. The van der Waals surface area contributed by atoms with Crippen molar-refractivity contribution in [1.82, 2.24) is 4.90 Å². The van der Waals surface area contributed by atoms with Crippen molar-refractivity contribution in [3.8, 4) is 0 Å². The van der Waals surface area contributed by atoms with Gasteiger partial charge in [-0.2, -0.15) is 0 Å². The summed E-state index contributed by atoms with van der Waals surface area (Å²) in [6, 6.07) is 9.14. The first-order valence-corrected chi connectivity index (χ1v) is 11.0. The summed E-state index contributed by atoms with van der Waals surface area (Å²) in [5.74, 6) is -0.525. The highest BCUT2D eigenvalue weighted by Crippen LogP contribution is 2.33. The van der Waals surface area contributed by atoms with Gasteiger partial charge in [-0.25, -0.2) is 12.8 Å². The molecule has 0 atom stereocenters. The number of hydrogen-bond acceptors (Lipinski definition) is 4. The van der Waals surface area contributed by atoms with Crippen LogP contribution in [0.15, 0.2) is 45.8 Å². The standard InChI is InChI=1S/C19H21BrFN3O3S/c1-13-3-5-15(6-4-13)28(26,27)22-18-12-17(21)19(11-16(18)20)24-9-7-23(8-10-24)14(2)25/h3-6,11-12,22H,7-10H2,1-2H3. The maximum Gasteiger partial charge on any atom is 0.261 e. The molecule has 0 aromatic heterocycles. The molecule has 6 nitrogen and oxygen atoms in total. The van der Waals surface area contributed by atoms with Crippen molar-refractivity contribution in [2.45, 2.75) is 18.7 Å². The summed E-state index contributed by atoms with van der Waals surface area (Å²) in [5, 5.41) is 0. The molecule has 0 aliphatic carbocycles. The van der Waals surface area contributed by atoms with Gasteiger partial charge in [-0.3, -0.25) is 9.52 Å². The second-order valence-electron chi connectivity index (χ2n) is 6.70. The zero-order valence-corrected chi connectivity index (χ0v) is 18.0. The molecule has 1 amide bonds. The molecule has 1 saturated heterocycles. The number of anilines is 2. The molecule has 150 valence electrons. The van der Waals surface area contributed by atoms with Gasteiger partial charge in [0, 0.05) is 43.6 Å². The minimum Gasteiger partial charge on any atom is -0.366 e. The Hall–Kier alpha value is -2.13. The Morgan fingerprint density at radius 3 is 2.29 bits per heavy atom. The van der Waals surface area contributed by atoms with Crippen molar-refractivity contribution in [1.29, 1.82) is 0 Å². The van der Waals surface area contributed by atoms with Gasteiger partial charge in [0.05, 0.1) is 16.3 Å². The maximum absolute atomic E-state index is 14.7. The molecule has 2 aromatic carbocycles. The third kappa shape index (κ3) is 4.47. The van der Waals surface area contributed by atoms with Gasteiger partial charge in [-0.05, 0) is 41.1 Å². The van der Waals surface area contributed by atoms with Gasteiger partial charge in [0.25, 0.3) is 10.0 Å². The van der Waals surface area contributed by atoms with Gasteiger partial charge in [0.2, 0.25) is 5.91 Å². The highest BCUT2D eigenvalue weighted by atomic mass is 79.9. The van der Waals surface area contributed by atoms with Crippen molar-refractivity contribution in [3.63, 3.8) is 0 Å². The van der Waals surface area contributed by atoms with Gasteiger partial charge in [0.15, 0.2) is 0 Å². The van der Waals surface area contributed by atoms with Crippen LogP contribution in [0.1, 0.15) is 12.5 Å². The number of rotatable bonds is 4. The largest absolute Gasteiger partial charge is 0.366 e. The van der Waals surface area contributed by atoms with E-state index >= 15 is 0 Å². The smallest absolute Gasteiger partial charge is 0.261 e. The second-order valence-corrected chi connectivity index (χ2v) is 9.23. The predicted molar refractivity (Wildman–Crippen MR) is 111 cm³/mol. The number of halogens is 2. The van der Waals surface area contributed by atoms with Gasteiger partial charge in [-0.15, -0.1) is 0 Å². The van der Waals surface area contributed by atoms with Crippen molar-refractivity contribution >= 4 is 43.2 Å². The van der Waals surface area contributed by atoms with Gasteiger partial charge in [0.1, 0.15) is 5.82 Å². The van der Waals surface area contributed by atoms with Crippen molar-refractivity contribution in [2.24, 2.45) is 0 Å². The number of nitrogens with zero attached hydrogens (tertiary/aromatic N) is 2. The van der Waals surface area contributed by atoms with E-state index in [1.807, 2.05) is 11.8 Å². The van der Waals surface area contributed by atoms with Crippen molar-refractivity contribution in [2.75, 3.05) is 35.8 Å². The number of nitrogens with one attached hydrogen (secondary N) is 1. The SMILES string of the molecule is CC(=O)N1CCN(c2cc(Br)c(NS(=O)(=O)c3ccc(C)cc3)cc2F)CC1. The van der Waals surface area contributed by atoms with E-state index in [9.17, 15) is 17.6 Å². The lowest BCUT2D eigenvalue weighted by molar-refractivity contribution is -0.129. The highest BCUT2D eigenvalue weighted by Gasteiger charge is 2.23. The van der Waals surface area contributed by atoms with Crippen LogP contribution in [0.5, 0.6) is 0 Å². The molecule has 1 aliphatic rings. The van der Waals surface area contributed by atoms with Crippen LogP contribution in [0, 0.1) is 12.7 Å². The molecule has 0 spiro atoms. The number of hydrogen-bond donors (Lipinski definition) is 1. The average molecular weight is 470 g/mol. The molecule has 1 N–H and O–H groups in total. The van der Waals surface area contributed by atoms with Crippen molar-refractivity contribution in [3.05, 3.63) is 52.3 Å². The van der Waals surface area contributed by atoms with Gasteiger partial charge in [-0.1, -0.05) is 17.7 Å². The fraction of sp³-hybridized carbons (Fsp3) is 0.316. The molecule has 0 saturated carbocycles. The molecule has 0 unspecified atom stereocenters. The van der Waals surface area contributed by atoms with Crippen LogP contribution in [0.3, 0.4) is 0 Å². The van der Waals surface area contributed by atoms with E-state index in [0.29, 0.717) is 36.3 Å². The van der Waals surface area contributed by atoms with Crippen LogP contribution in [0.2, 0.25) is 0 Å². The van der Waals surface area contributed by atoms with Crippen LogP contribution in [0.4, 0.5) is 15.8 Å². The topological polar surface area (TPSA) is 69.7 Å². The Bertz CT molecular complexity index is 988. The number of amides is 1. The Labute approximate surface area is 172 Å². The molecule has 2 aromatic rings. The molecule has 28 heavy (non-hydrogen) atoms. The van der Waals surface area contributed by atoms with Crippen LogP contribution in [-0.4, -0.2) is 45.4 Å². The molecular formula is C19H21BrFN3O3S. The number of piperazine rings is 1. The number of carbonyl (C=O) groups is 1. The van der Waals surface area contributed by atoms with E-state index in [4.69, 9.17) is 0 Å². The zero-order chi connectivity index (χ0) is 20.5. The molecular weight excluding hydrogens is 449 g/mol. The Morgan fingerprint density at radius 2 is 1.71 bits per heavy atom. The molecule has 3 rings (SSSR count). The average Bonchev–Trinajstić information content (AvgIpc) is 2.64. The van der Waals surface area contributed by atoms with E-state index in [0.717, 1.165) is 5.56 Å². The Balaban J connectivity index is 1.80. The summed E-state index contributed by atoms with van der Waals surface area (Å²) < 4.78 is 42.7. The summed E-state index contributed by atoms with van der Waals surface area (Å²) in [6.07, 6.45) is 0. The van der Waals surface area contributed by atoms with Gasteiger partial charge >= 0.3 is 0 Å². The fourth-order valence-corrected chi connectivity index (χ4v) is 4.67. The van der Waals surface area contributed by atoms with Gasteiger partial charge < -0.3 is 9.80 Å². The van der Waals surface area contributed by atoms with E-state index in [1.165, 1.54) is 25.1 Å². The summed E-state index contributed by atoms with van der Waals surface area (Å²) in [7, 11) is -3.83. The zero-order valence-electron chi connectivity index (χ0n) is 15.6. The molecule has 1 aliphatic heterocycles. The lowest BCUT2D eigenvalue weighted by atomic mass is 10.2. The lowest BCUT2D eigenvalue weighted by Gasteiger charge is -2.36. The highest BCUT2D eigenvalue weighted by molar-refractivity contribution is 9.10. The van der Waals surface area contributed by atoms with E-state index in [-0.39, 0.29) is 16.5 Å². The first-order valence-electron chi connectivity index (χ1n) is 8.76. The number of carbonyl (C=O) groups excluding carboxylic acids is 1. The van der Waals surface area contributed by atoms with Crippen LogP contribution >= 0.6 is 15.9 Å². The third-order valence-electron chi connectivity index (χ3n) is 4.68. The first-order chi connectivity index (χ1) is 13.2. The first kappa shape index (κ1) is 20.6. The van der Waals surface area contributed by atoms with E-state index in [2.05, 4.69) is 20.7 Å². The Morgan fingerprint density at radius 1 is 1.11 bits per heavy atom. The van der Waals surface area contributed by atoms with E-state index in [1.54, 1.807) is 23.1 Å². The summed E-state index contributed by atoms with van der Waals surface area (Å²) in [5.41, 5.74) is 1.44. The fourth-order valence-electron chi connectivity index (χ4n) is 3.04. The predicted octanol–water partition coefficient (Wildman–Crippen LogP) is 3.37. The van der Waals surface area contributed by atoms with E-state index < -0.39 is 15.8 Å². The molecule has 1 heterocycles. The van der Waals surface area contributed by atoms with Crippen LogP contribution < -0.4 is 9.62 Å². The number of aryl methyl sites for hydroxylation is 1. The van der Waals surface area contributed by atoms with Crippen LogP contribution in [-0.2, 0) is 14.8 Å². The van der Waals surface area contributed by atoms with Crippen LogP contribution in [0.25, 0.3) is 0 Å².